The molecule has 1 rings (SSSR count). The molecule has 1 aromatic heterocycles. The lowest BCUT2D eigenvalue weighted by molar-refractivity contribution is -0.140. The number of hydrogen-bond donors (Lipinski definition) is 1. The number of amides is 1. The van der Waals surface area contributed by atoms with Gasteiger partial charge in [-0.2, -0.15) is 0 Å². The average Bonchev–Trinajstić information content (AvgIpc) is 2.81. The van der Waals surface area contributed by atoms with E-state index in [1.165, 1.54) is 0 Å². The second kappa shape index (κ2) is 7.83. The Kier molecular flexibility index (Phi) is 6.42. The summed E-state index contributed by atoms with van der Waals surface area (Å²) in [4.78, 5) is 26.3. The van der Waals surface area contributed by atoms with Gasteiger partial charge in [0.25, 0.3) is 0 Å². The van der Waals surface area contributed by atoms with Gasteiger partial charge in [-0.3, -0.25) is 14.5 Å². The number of carbonyl (C=O) groups excluding carboxylic acids is 1. The molecule has 0 aromatic carbocycles. The van der Waals surface area contributed by atoms with Crippen LogP contribution in [0.1, 0.15) is 31.8 Å². The van der Waals surface area contributed by atoms with Crippen LogP contribution < -0.4 is 0 Å². The highest BCUT2D eigenvalue weighted by Crippen LogP contribution is 2.10. The van der Waals surface area contributed by atoms with Crippen LogP contribution in [0.15, 0.2) is 16.5 Å². The Bertz CT molecular complexity index is 484. The molecular formula is C15H24N2O4. The summed E-state index contributed by atoms with van der Waals surface area (Å²) in [5.74, 6) is 0.479. The highest BCUT2D eigenvalue weighted by molar-refractivity contribution is 5.79. The van der Waals surface area contributed by atoms with Gasteiger partial charge >= 0.3 is 5.97 Å². The first-order valence-corrected chi connectivity index (χ1v) is 7.08. The van der Waals surface area contributed by atoms with Crippen LogP contribution in [0.5, 0.6) is 0 Å². The Morgan fingerprint density at radius 1 is 1.33 bits per heavy atom. The van der Waals surface area contributed by atoms with E-state index in [1.54, 1.807) is 16.8 Å². The summed E-state index contributed by atoms with van der Waals surface area (Å²) in [6.45, 7) is 6.09. The number of likely N-dealkylation sites (N-methyl/N-ethyl adjacent to an activating group) is 1. The van der Waals surface area contributed by atoms with Crippen LogP contribution >= 0.6 is 0 Å². The smallest absolute Gasteiger partial charge is 0.317 e. The summed E-state index contributed by atoms with van der Waals surface area (Å²) in [6, 6.07) is 3.73. The lowest BCUT2D eigenvalue weighted by Gasteiger charge is -2.28. The van der Waals surface area contributed by atoms with E-state index >= 15 is 0 Å². The third-order valence-electron chi connectivity index (χ3n) is 3.51. The van der Waals surface area contributed by atoms with E-state index in [2.05, 4.69) is 0 Å². The van der Waals surface area contributed by atoms with E-state index in [1.807, 2.05) is 32.9 Å². The predicted molar refractivity (Wildman–Crippen MR) is 78.9 cm³/mol. The molecule has 1 unspecified atom stereocenters. The number of hydrogen-bond acceptors (Lipinski definition) is 4. The highest BCUT2D eigenvalue weighted by Gasteiger charge is 2.21. The van der Waals surface area contributed by atoms with Crippen LogP contribution in [0.2, 0.25) is 0 Å². The van der Waals surface area contributed by atoms with Crippen molar-refractivity contribution in [1.82, 2.24) is 9.80 Å². The molecule has 118 valence electrons. The summed E-state index contributed by atoms with van der Waals surface area (Å²) < 4.78 is 5.44. The van der Waals surface area contributed by atoms with Gasteiger partial charge in [-0.15, -0.1) is 0 Å². The van der Waals surface area contributed by atoms with Crippen molar-refractivity contribution in [1.29, 1.82) is 0 Å². The van der Waals surface area contributed by atoms with Crippen LogP contribution in [0.3, 0.4) is 0 Å². The Morgan fingerprint density at radius 2 is 2.00 bits per heavy atom. The minimum atomic E-state index is -0.924. The molecule has 0 spiro atoms. The predicted octanol–water partition coefficient (Wildman–Crippen LogP) is 1.73. The van der Waals surface area contributed by atoms with Crippen molar-refractivity contribution in [2.45, 2.75) is 39.8 Å². The van der Waals surface area contributed by atoms with E-state index in [9.17, 15) is 9.59 Å². The molecule has 0 saturated heterocycles. The number of carboxylic acid groups (broad SMARTS) is 1. The van der Waals surface area contributed by atoms with Gasteiger partial charge in [-0.05, 0) is 32.4 Å². The zero-order chi connectivity index (χ0) is 16.0. The average molecular weight is 296 g/mol. The second-order valence-electron chi connectivity index (χ2n) is 5.32. The van der Waals surface area contributed by atoms with Gasteiger partial charge in [0.05, 0.1) is 19.6 Å². The lowest BCUT2D eigenvalue weighted by Crippen LogP contribution is -2.44. The fourth-order valence-electron chi connectivity index (χ4n) is 1.99. The number of carbonyl (C=O) groups is 2. The molecule has 0 radical (unpaired) electrons. The molecule has 6 heteroatoms. The van der Waals surface area contributed by atoms with Crippen LogP contribution in [0.4, 0.5) is 0 Å². The van der Waals surface area contributed by atoms with Crippen molar-refractivity contribution in [3.05, 3.63) is 23.7 Å². The zero-order valence-corrected chi connectivity index (χ0v) is 13.1. The van der Waals surface area contributed by atoms with Gasteiger partial charge in [0, 0.05) is 13.1 Å². The standard InChI is InChI=1S/C15H24N2O4/c1-5-11(2)17(10-15(19)20)9-14(18)16(4)8-13-7-6-12(3)21-13/h6-7,11H,5,8-10H2,1-4H3,(H,19,20). The SMILES string of the molecule is CCC(C)N(CC(=O)O)CC(=O)N(C)Cc1ccc(C)o1. The number of nitrogens with zero attached hydrogens (tertiary/aromatic N) is 2. The maximum absolute atomic E-state index is 12.2. The molecule has 1 N–H and O–H groups in total. The summed E-state index contributed by atoms with van der Waals surface area (Å²) >= 11 is 0. The fraction of sp³-hybridized carbons (Fsp3) is 0.600. The first-order valence-electron chi connectivity index (χ1n) is 7.08. The second-order valence-corrected chi connectivity index (χ2v) is 5.32. The van der Waals surface area contributed by atoms with E-state index in [0.29, 0.717) is 6.54 Å². The van der Waals surface area contributed by atoms with Crippen molar-refractivity contribution in [2.75, 3.05) is 20.1 Å². The maximum Gasteiger partial charge on any atom is 0.317 e. The van der Waals surface area contributed by atoms with Crippen molar-refractivity contribution in [2.24, 2.45) is 0 Å². The normalized spacial score (nSPS) is 12.4. The van der Waals surface area contributed by atoms with Crippen molar-refractivity contribution >= 4 is 11.9 Å². The molecule has 0 saturated carbocycles. The largest absolute Gasteiger partial charge is 0.480 e. The molecule has 1 amide bonds. The molecule has 0 bridgehead atoms. The zero-order valence-electron chi connectivity index (χ0n) is 13.1. The molecule has 0 fully saturated rings. The molecule has 6 nitrogen and oxygen atoms in total. The van der Waals surface area contributed by atoms with Crippen LogP contribution in [-0.2, 0) is 16.1 Å². The van der Waals surface area contributed by atoms with E-state index in [-0.39, 0.29) is 25.0 Å². The minimum Gasteiger partial charge on any atom is -0.480 e. The number of aliphatic carboxylic acids is 1. The molecule has 1 heterocycles. The molecule has 1 aromatic rings. The van der Waals surface area contributed by atoms with Crippen LogP contribution in [0, 0.1) is 6.92 Å². The first kappa shape index (κ1) is 17.2. The molecule has 1 atom stereocenters. The summed E-state index contributed by atoms with van der Waals surface area (Å²) in [5, 5.41) is 8.94. The summed E-state index contributed by atoms with van der Waals surface area (Å²) in [6.07, 6.45) is 0.793. The number of rotatable bonds is 8. The lowest BCUT2D eigenvalue weighted by atomic mass is 10.2. The van der Waals surface area contributed by atoms with Gasteiger partial charge < -0.3 is 14.4 Å². The van der Waals surface area contributed by atoms with Gasteiger partial charge in [0.2, 0.25) is 5.91 Å². The quantitative estimate of drug-likeness (QED) is 0.791. The third-order valence-corrected chi connectivity index (χ3v) is 3.51. The van der Waals surface area contributed by atoms with Gasteiger partial charge in [0.1, 0.15) is 11.5 Å². The molecular weight excluding hydrogens is 272 g/mol. The Balaban J connectivity index is 2.60. The molecule has 0 aliphatic heterocycles. The Labute approximate surface area is 125 Å². The van der Waals surface area contributed by atoms with Crippen molar-refractivity contribution < 1.29 is 19.1 Å². The topological polar surface area (TPSA) is 74.0 Å². The Morgan fingerprint density at radius 3 is 2.48 bits per heavy atom. The Hall–Kier alpha value is -1.82. The number of aryl methyl sites for hydroxylation is 1. The van der Waals surface area contributed by atoms with Crippen molar-refractivity contribution in [3.8, 4) is 0 Å². The van der Waals surface area contributed by atoms with Crippen LogP contribution in [0.25, 0.3) is 0 Å². The molecule has 21 heavy (non-hydrogen) atoms. The summed E-state index contributed by atoms with van der Waals surface area (Å²) in [5.41, 5.74) is 0. The van der Waals surface area contributed by atoms with Gasteiger partial charge in [0.15, 0.2) is 0 Å². The number of carboxylic acids is 1. The van der Waals surface area contributed by atoms with E-state index in [4.69, 9.17) is 9.52 Å². The summed E-state index contributed by atoms with van der Waals surface area (Å²) in [7, 11) is 1.69. The first-order chi connectivity index (χ1) is 9.83. The molecule has 0 aliphatic rings. The van der Waals surface area contributed by atoms with E-state index < -0.39 is 5.97 Å². The minimum absolute atomic E-state index is 0.0457. The van der Waals surface area contributed by atoms with Gasteiger partial charge in [-0.1, -0.05) is 6.92 Å². The monoisotopic (exact) mass is 296 g/mol. The van der Waals surface area contributed by atoms with E-state index in [0.717, 1.165) is 17.9 Å². The fourth-order valence-corrected chi connectivity index (χ4v) is 1.99. The highest BCUT2D eigenvalue weighted by atomic mass is 16.4. The van der Waals surface area contributed by atoms with Crippen LogP contribution in [-0.4, -0.2) is 53.0 Å². The van der Waals surface area contributed by atoms with Gasteiger partial charge in [-0.25, -0.2) is 0 Å². The number of furan rings is 1. The third kappa shape index (κ3) is 5.59. The maximum atomic E-state index is 12.2. The molecule has 0 aliphatic carbocycles. The van der Waals surface area contributed by atoms with Crippen molar-refractivity contribution in [3.63, 3.8) is 0 Å².